The van der Waals surface area contributed by atoms with Crippen LogP contribution in [0.25, 0.3) is 0 Å². The van der Waals surface area contributed by atoms with Crippen molar-refractivity contribution in [3.05, 3.63) is 71.8 Å². The SMILES string of the molecule is C.C.C.C.CC(=O)OCC1O[C@@H](OCCCCCC(=O)NCC(C)OCc2ccccc2)C(C)[C@@H](C)[C@H]1C.CC(=O)OCC1O[C@@H](OCCCCCC(=O)NCC(C)OP(OCCC#N)N(C(C)C)C(C)C)C(C)[C@@H](C)[C@H]1C.CC(=O)OCC1O[C@@H](OCCCCCC(=O)O)C(C)[C@@H](C)[C@H]1C.CC(CN)OCc1ccccc1.[2H]CF. The van der Waals surface area contributed by atoms with Crippen LogP contribution < -0.4 is 16.4 Å². The minimum absolute atomic E-state index is 0. The Labute approximate surface area is 697 Å². The van der Waals surface area contributed by atoms with E-state index in [2.05, 4.69) is 111 Å². The van der Waals surface area contributed by atoms with E-state index >= 15 is 0 Å². The normalized spacial score (nSPS) is 23.8. The van der Waals surface area contributed by atoms with Gasteiger partial charge in [0.05, 0.1) is 77.5 Å². The molecule has 0 aromatic heterocycles. The molecule has 10 unspecified atom stereocenters. The van der Waals surface area contributed by atoms with Gasteiger partial charge in [-0.15, -0.1) is 0 Å². The number of ether oxygens (including phenoxy) is 11. The van der Waals surface area contributed by atoms with Gasteiger partial charge in [0, 0.05) is 109 Å². The molecule has 3 heterocycles. The standard InChI is InChI=1S/C29H54N3O7P.C27H43NO6.C17H30O6.C10H15NO.CH3F.4CH4/c1-20(2)32(21(3)4)40(37-17-13-15-30)39-22(5)18-31-28(34)14-11-10-12-16-35-29-25(8)23(6)24(7)27(38-29)19-36-26(9)33;1-19(32-17-24-12-8-6-9-13-24)16-28-26(30)14-10-7-11-15-31-27-22(4)20(2)21(3)25(34-27)18-33-23(5)29;1-11-12(2)15(10-22-14(4)18)23-17(13(11)3)21-9-7-5-6-8-16(19)20;1-9(7-11)12-8-10-5-3-2-4-6-10;1-2;;;;/h20-25,27,29H,10-14,16-19H2,1-9H3,(H,31,34);6,8-9,12-13,19-22,25,27H,7,10-11,14-18H2,1-5H3,(H,28,30);11-13,15,17H,5-10H2,1-4H3,(H,19,20);2-6,9H,7-8,11H2,1H3;1H3;4*1H4/t22?,23-,24+,25?,27?,29+,40?;19?,20-,21+,22?,25?,27+;11-,12+,13?,15?,17+;;;;;;/m000....../s1/i;;;;1D;;;;. The number of nitrogens with one attached hydrogen (secondary N) is 2. The topological polar surface area (TPSA) is 320 Å². The molecular formula is C88H161FN5O20P. The summed E-state index contributed by atoms with van der Waals surface area (Å²) < 4.78 is 92.6. The van der Waals surface area contributed by atoms with Crippen LogP contribution in [-0.2, 0) is 103 Å². The summed E-state index contributed by atoms with van der Waals surface area (Å²) in [6.45, 7) is 43.2. The van der Waals surface area contributed by atoms with E-state index in [4.69, 9.17) is 78.6 Å². The van der Waals surface area contributed by atoms with Crippen LogP contribution in [0.4, 0.5) is 4.39 Å². The molecule has 3 saturated heterocycles. The number of hydrogen-bond donors (Lipinski definition) is 4. The summed E-state index contributed by atoms with van der Waals surface area (Å²) in [5.41, 5.74) is 7.73. The number of amides is 2. The van der Waals surface area contributed by atoms with Crippen LogP contribution in [0.3, 0.4) is 0 Å². The van der Waals surface area contributed by atoms with E-state index in [1.807, 2.05) is 81.4 Å². The maximum atomic E-state index is 12.4. The first kappa shape index (κ1) is 114. The van der Waals surface area contributed by atoms with E-state index in [1.54, 1.807) is 0 Å². The number of halogens is 1. The highest BCUT2D eigenvalue weighted by atomic mass is 31.2. The van der Waals surface area contributed by atoms with E-state index in [9.17, 15) is 33.2 Å². The lowest BCUT2D eigenvalue weighted by Gasteiger charge is -2.43. The molecule has 0 spiro atoms. The molecule has 25 nitrogen and oxygen atoms in total. The van der Waals surface area contributed by atoms with Crippen LogP contribution in [0.5, 0.6) is 0 Å². The van der Waals surface area contributed by atoms with Gasteiger partial charge in [-0.3, -0.25) is 33.2 Å². The quantitative estimate of drug-likeness (QED) is 0.0207. The Bertz CT molecular complexity index is 2840. The molecule has 2 amide bonds. The second-order valence-corrected chi connectivity index (χ2v) is 31.6. The third kappa shape index (κ3) is 51.0. The maximum absolute atomic E-state index is 12.4. The molecule has 115 heavy (non-hydrogen) atoms. The van der Waals surface area contributed by atoms with E-state index in [-0.39, 0.29) is 177 Å². The van der Waals surface area contributed by atoms with Crippen molar-refractivity contribution < 1.29 is 101 Å². The smallest absolute Gasteiger partial charge is 0.303 e. The molecule has 3 aliphatic rings. The third-order valence-corrected chi connectivity index (χ3v) is 22.7. The number of carboxylic acids is 1. The summed E-state index contributed by atoms with van der Waals surface area (Å²) >= 11 is 0. The molecule has 3 fully saturated rings. The van der Waals surface area contributed by atoms with Crippen molar-refractivity contribution in [2.45, 2.75) is 326 Å². The predicted molar refractivity (Wildman–Crippen MR) is 455 cm³/mol. The van der Waals surface area contributed by atoms with Gasteiger partial charge in [-0.25, -0.2) is 4.67 Å². The first-order valence-corrected chi connectivity index (χ1v) is 41.4. The maximum Gasteiger partial charge on any atom is 0.303 e. The van der Waals surface area contributed by atoms with Gasteiger partial charge in [0.1, 0.15) is 19.8 Å². The molecule has 19 atom stereocenters. The number of hydrogen-bond acceptors (Lipinski definition) is 22. The number of alkyl halides is 1. The number of nitrogens with two attached hydrogens (primary N) is 1. The highest BCUT2D eigenvalue weighted by Gasteiger charge is 2.43. The molecule has 5 N–H and O–H groups in total. The molecular weight excluding hydrogens is 1500 g/mol. The summed E-state index contributed by atoms with van der Waals surface area (Å²) in [5.74, 6) is 1.20. The lowest BCUT2D eigenvalue weighted by molar-refractivity contribution is -0.255. The Morgan fingerprint density at radius 3 is 1.16 bits per heavy atom. The zero-order chi connectivity index (χ0) is 84.1. The zero-order valence-corrected chi connectivity index (χ0v) is 71.6. The van der Waals surface area contributed by atoms with Crippen LogP contribution in [-0.4, -0.2) is 186 Å². The molecule has 0 bridgehead atoms. The van der Waals surface area contributed by atoms with E-state index in [0.29, 0.717) is 115 Å². The van der Waals surface area contributed by atoms with Gasteiger partial charge in [0.2, 0.25) is 11.8 Å². The number of benzene rings is 2. The van der Waals surface area contributed by atoms with Crippen molar-refractivity contribution in [1.82, 2.24) is 15.3 Å². The molecule has 2 aromatic carbocycles. The highest BCUT2D eigenvalue weighted by molar-refractivity contribution is 7.44. The van der Waals surface area contributed by atoms with Gasteiger partial charge >= 0.3 is 23.9 Å². The number of carbonyl (C=O) groups is 6. The molecule has 2 aromatic rings. The zero-order valence-electron chi connectivity index (χ0n) is 71.7. The first-order chi connectivity index (χ1) is 53.2. The summed E-state index contributed by atoms with van der Waals surface area (Å²) in [5, 5.41) is 23.4. The largest absolute Gasteiger partial charge is 0.481 e. The Balaban J connectivity index is -0.000000747. The van der Waals surface area contributed by atoms with Crippen molar-refractivity contribution in [1.29, 1.82) is 5.26 Å². The summed E-state index contributed by atoms with van der Waals surface area (Å²) in [6, 6.07) is 22.7. The Morgan fingerprint density at radius 2 is 0.843 bits per heavy atom. The Kier molecular flexibility index (Phi) is 67.7. The van der Waals surface area contributed by atoms with Crippen molar-refractivity contribution in [2.75, 3.05) is 73.0 Å². The van der Waals surface area contributed by atoms with Gasteiger partial charge in [-0.2, -0.15) is 5.26 Å². The number of aliphatic carboxylic acids is 1. The number of rotatable bonds is 46. The molecule has 5 rings (SSSR count). The number of nitrogens with zero attached hydrogens (tertiary/aromatic N) is 2. The number of carboxylic acid groups (broad SMARTS) is 1. The fourth-order valence-electron chi connectivity index (χ4n) is 12.4. The highest BCUT2D eigenvalue weighted by Crippen LogP contribution is 2.47. The van der Waals surface area contributed by atoms with E-state index in [0.717, 1.165) is 56.9 Å². The van der Waals surface area contributed by atoms with Gasteiger partial charge in [0.15, 0.2) is 18.9 Å². The van der Waals surface area contributed by atoms with Crippen molar-refractivity contribution in [3.63, 3.8) is 0 Å². The Hall–Kier alpha value is -5.37. The molecule has 3 aliphatic heterocycles. The van der Waals surface area contributed by atoms with Crippen LogP contribution in [0, 0.1) is 64.6 Å². The second-order valence-electron chi connectivity index (χ2n) is 30.2. The summed E-state index contributed by atoms with van der Waals surface area (Å²) in [6.07, 6.45) is 7.34. The minimum Gasteiger partial charge on any atom is -0.481 e. The fraction of sp³-hybridized carbons (Fsp3) is 0.784. The summed E-state index contributed by atoms with van der Waals surface area (Å²) in [4.78, 5) is 68.3. The predicted octanol–water partition coefficient (Wildman–Crippen LogP) is 17.6. The first-order valence-electron chi connectivity index (χ1n) is 41.0. The lowest BCUT2D eigenvalue weighted by Crippen LogP contribution is -2.47. The molecule has 0 aliphatic carbocycles. The number of carbonyl (C=O) groups excluding carboxylic acids is 5. The number of unbranched alkanes of at least 4 members (excludes halogenated alkanes) is 6. The van der Waals surface area contributed by atoms with E-state index < -0.39 is 21.6 Å². The Morgan fingerprint density at radius 1 is 0.513 bits per heavy atom. The van der Waals surface area contributed by atoms with Crippen molar-refractivity contribution in [3.8, 4) is 6.07 Å². The van der Waals surface area contributed by atoms with Gasteiger partial charge in [-0.1, -0.05) is 172 Å². The number of nitriles is 1. The third-order valence-electron chi connectivity index (χ3n) is 20.5. The molecule has 670 valence electrons. The average Bonchev–Trinajstić information content (AvgIpc) is 0.830. The van der Waals surface area contributed by atoms with Crippen molar-refractivity contribution >= 4 is 44.2 Å². The molecule has 0 saturated carbocycles. The van der Waals surface area contributed by atoms with Crippen LogP contribution in [0.2, 0.25) is 0 Å². The van der Waals surface area contributed by atoms with E-state index in [1.165, 1.54) is 26.3 Å². The minimum atomic E-state index is -1.34. The second kappa shape index (κ2) is 68.4. The van der Waals surface area contributed by atoms with Crippen molar-refractivity contribution in [2.24, 2.45) is 59.0 Å². The monoisotopic (exact) mass is 1660 g/mol. The molecule has 0 radical (unpaired) electrons. The fourth-order valence-corrected chi connectivity index (χ4v) is 14.1. The van der Waals surface area contributed by atoms with Crippen LogP contribution in [0.15, 0.2) is 60.7 Å². The van der Waals surface area contributed by atoms with Crippen LogP contribution >= 0.6 is 8.53 Å². The van der Waals surface area contributed by atoms with Gasteiger partial charge < -0.3 is 82.6 Å². The molecule has 27 heteroatoms. The number of esters is 3. The van der Waals surface area contributed by atoms with Gasteiger partial charge in [0.25, 0.3) is 8.53 Å². The summed E-state index contributed by atoms with van der Waals surface area (Å²) in [7, 11) is -2.34. The lowest BCUT2D eigenvalue weighted by atomic mass is 9.79. The van der Waals surface area contributed by atoms with Crippen LogP contribution in [0.1, 0.15) is 257 Å². The van der Waals surface area contributed by atoms with Gasteiger partial charge in [-0.05, 0) is 134 Å². The average molecular weight is 1660 g/mol.